The quantitative estimate of drug-likeness (QED) is 0.209. The zero-order valence-corrected chi connectivity index (χ0v) is 26.3. The molecule has 0 unspecified atom stereocenters. The van der Waals surface area contributed by atoms with Crippen LogP contribution in [0, 0.1) is 213 Å². The summed E-state index contributed by atoms with van der Waals surface area (Å²) < 4.78 is 0. The Morgan fingerprint density at radius 1 is 0.146 bits per heavy atom. The molecule has 0 saturated heterocycles. The van der Waals surface area contributed by atoms with Gasteiger partial charge in [0.25, 0.3) is 0 Å². The van der Waals surface area contributed by atoms with Crippen molar-refractivity contribution >= 4 is 0 Å². The average Bonchev–Trinajstić information content (AvgIpc) is 3.13. The van der Waals surface area contributed by atoms with Gasteiger partial charge in [0, 0.05) is 51.2 Å². The van der Waals surface area contributed by atoms with E-state index in [1.165, 1.54) is 0 Å². The molecule has 0 fully saturated rings. The van der Waals surface area contributed by atoms with Crippen LogP contribution in [0.1, 0.15) is 0 Å². The SMILES string of the molecule is [C-]#N.[C-]#N.[C-]#N.[C-]#N.[C-]#N.[C-]#N.[C-]#N.[C-]#N.[C-]#N.[C-]#N.[C-]#N.[C-]#N.[C-]#N.[C-]#N.[C-]#N.[C-]#N.[C-]#N.[C-]#N.[Mn+2].[Mn].[Mn].[Mn].[Na+]. The third-order valence-electron chi connectivity index (χ3n) is 0. The minimum Gasteiger partial charge on any atom is -0.512 e. The van der Waals surface area contributed by atoms with E-state index in [1.54, 1.807) is 0 Å². The van der Waals surface area contributed by atoms with E-state index in [0.717, 1.165) is 0 Å². The summed E-state index contributed by atoms with van der Waals surface area (Å²) in [7, 11) is 0. The Morgan fingerprint density at radius 2 is 0.146 bits per heavy atom. The topological polar surface area (TPSA) is 428 Å². The zero-order chi connectivity index (χ0) is 36.0. The van der Waals surface area contributed by atoms with Crippen molar-refractivity contribution in [1.82, 2.24) is 0 Å². The van der Waals surface area contributed by atoms with Gasteiger partial charge >= 0.3 is 46.6 Å². The minimum absolute atomic E-state index is 0. The first-order chi connectivity index (χ1) is 18.0. The molecule has 0 saturated carbocycles. The van der Waals surface area contributed by atoms with Crippen LogP contribution >= 0.6 is 0 Å². The second-order valence-electron chi connectivity index (χ2n) is 0. The molecule has 0 bridgehead atoms. The Bertz CT molecular complexity index is 372. The predicted molar refractivity (Wildman–Crippen MR) is 89.4 cm³/mol. The van der Waals surface area contributed by atoms with E-state index in [2.05, 4.69) is 0 Å². The van der Waals surface area contributed by atoms with Crippen molar-refractivity contribution in [2.75, 3.05) is 0 Å². The second-order valence-corrected chi connectivity index (χ2v) is 0. The van der Waals surface area contributed by atoms with Crippen molar-refractivity contribution < 1.29 is 97.8 Å². The van der Waals surface area contributed by atoms with Gasteiger partial charge in [-0.1, -0.05) is 0 Å². The van der Waals surface area contributed by atoms with E-state index < -0.39 is 0 Å². The second kappa shape index (κ2) is 985. The maximum Gasteiger partial charge on any atom is 2.00 e. The summed E-state index contributed by atoms with van der Waals surface area (Å²) in [4.78, 5) is 0. The van der Waals surface area contributed by atoms with E-state index in [-0.39, 0.29) is 97.8 Å². The number of rotatable bonds is 0. The van der Waals surface area contributed by atoms with Gasteiger partial charge in [-0.2, -0.15) is 0 Å². The fourth-order valence-electron chi connectivity index (χ4n) is 0. The van der Waals surface area contributed by atoms with Crippen LogP contribution in [0.4, 0.5) is 0 Å². The predicted octanol–water partition coefficient (Wildman–Crippen LogP) is -1.27. The minimum atomic E-state index is 0. The van der Waals surface area contributed by atoms with Crippen molar-refractivity contribution in [3.63, 3.8) is 0 Å². The molecule has 0 rings (SSSR count). The molecule has 0 atom stereocenters. The summed E-state index contributed by atoms with van der Waals surface area (Å²) in [6.07, 6.45) is 0. The van der Waals surface area contributed by atoms with E-state index in [0.29, 0.717) is 0 Å². The van der Waals surface area contributed by atoms with Gasteiger partial charge in [0.1, 0.15) is 0 Å². The third kappa shape index (κ3) is 926. The van der Waals surface area contributed by atoms with Crippen LogP contribution in [0.5, 0.6) is 0 Å². The van der Waals surface area contributed by atoms with Gasteiger partial charge in [0.05, 0.1) is 0 Å². The molecule has 18 nitrogen and oxygen atoms in total. The molecule has 0 aromatic rings. The fraction of sp³-hybridized carbons (Fsp3) is 0. The molecule has 0 aromatic heterocycles. The maximum absolute atomic E-state index is 6.25. The smallest absolute Gasteiger partial charge is 0.512 e. The summed E-state index contributed by atoms with van der Waals surface area (Å²) in [6, 6.07) is 0. The van der Waals surface area contributed by atoms with Crippen LogP contribution in [0.2, 0.25) is 0 Å². The normalized spacial score (nSPS) is 0.878. The summed E-state index contributed by atoms with van der Waals surface area (Å²) in [5, 5.41) is 112. The Hall–Kier alpha value is -6.10. The van der Waals surface area contributed by atoms with Crippen LogP contribution in [-0.4, -0.2) is 0 Å². The van der Waals surface area contributed by atoms with Crippen LogP contribution < -0.4 is 29.6 Å². The maximum atomic E-state index is 6.25. The third-order valence-corrected chi connectivity index (χ3v) is 0. The molecule has 0 heterocycles. The Kier molecular flexibility index (Phi) is 6810. The van der Waals surface area contributed by atoms with E-state index in [4.69, 9.17) is 213 Å². The molecular formula is C18Mn4N18Na-15. The molecular weight excluding hydrogens is 711 g/mol. The first-order valence-electron chi connectivity index (χ1n) is 4.02. The number of nitrogens with zero attached hydrogens (tertiary/aromatic N) is 18. The molecule has 0 N–H and O–H groups in total. The molecule has 0 aliphatic carbocycles. The van der Waals surface area contributed by atoms with Gasteiger partial charge in [-0.3, -0.25) is 0 Å². The molecule has 0 amide bonds. The standard InChI is InChI=1S/18CN.4Mn.Na/c18*1-2;;;;;/q18*-1;;;;+2;+1. The number of hydrogen-bond donors (Lipinski definition) is 0. The van der Waals surface area contributed by atoms with Gasteiger partial charge < -0.3 is 213 Å². The van der Waals surface area contributed by atoms with Crippen molar-refractivity contribution in [2.45, 2.75) is 0 Å². The average molecular weight is 711 g/mol. The van der Waals surface area contributed by atoms with Crippen LogP contribution in [0.15, 0.2) is 0 Å². The van der Waals surface area contributed by atoms with Crippen LogP contribution in [0.25, 0.3) is 0 Å². The molecule has 41 heavy (non-hydrogen) atoms. The Labute approximate surface area is 308 Å². The van der Waals surface area contributed by atoms with Crippen molar-refractivity contribution in [1.29, 1.82) is 94.7 Å². The fourth-order valence-corrected chi connectivity index (χ4v) is 0. The number of hydrogen-bond acceptors (Lipinski definition) is 18. The van der Waals surface area contributed by atoms with Gasteiger partial charge in [-0.05, 0) is 0 Å². The molecule has 4 radical (unpaired) electrons. The zero-order valence-electron chi connectivity index (χ0n) is 19.6. The molecule has 0 spiro atoms. The van der Waals surface area contributed by atoms with Gasteiger partial charge in [-0.15, -0.1) is 0 Å². The van der Waals surface area contributed by atoms with Crippen LogP contribution in [-0.2, 0) is 68.3 Å². The summed E-state index contributed by atoms with van der Waals surface area (Å²) in [6.45, 7) is 85.5. The van der Waals surface area contributed by atoms with Crippen molar-refractivity contribution in [2.24, 2.45) is 0 Å². The molecule has 0 aliphatic heterocycles. The van der Waals surface area contributed by atoms with Crippen LogP contribution in [0.3, 0.4) is 0 Å². The van der Waals surface area contributed by atoms with E-state index >= 15 is 0 Å². The van der Waals surface area contributed by atoms with Gasteiger partial charge in [0.15, 0.2) is 0 Å². The monoisotopic (exact) mass is 711 g/mol. The summed E-state index contributed by atoms with van der Waals surface area (Å²) >= 11 is 0. The Balaban J connectivity index is -0.00000000396. The largest absolute Gasteiger partial charge is 2.00 e. The Morgan fingerprint density at radius 3 is 0.146 bits per heavy atom. The first-order valence-corrected chi connectivity index (χ1v) is 4.02. The van der Waals surface area contributed by atoms with Crippen molar-refractivity contribution in [3.8, 4) is 0 Å². The first kappa shape index (κ1) is 283. The van der Waals surface area contributed by atoms with Gasteiger partial charge in [0.2, 0.25) is 0 Å². The summed E-state index contributed by atoms with van der Waals surface area (Å²) in [5.74, 6) is 0. The molecule has 0 aromatic carbocycles. The summed E-state index contributed by atoms with van der Waals surface area (Å²) in [5.41, 5.74) is 0. The van der Waals surface area contributed by atoms with E-state index in [1.807, 2.05) is 0 Å². The van der Waals surface area contributed by atoms with Gasteiger partial charge in [-0.25, -0.2) is 0 Å². The molecule has 23 heteroatoms. The molecule has 0 aliphatic rings. The molecule has 206 valence electrons. The van der Waals surface area contributed by atoms with E-state index in [9.17, 15) is 0 Å². The van der Waals surface area contributed by atoms with Crippen molar-refractivity contribution in [3.05, 3.63) is 118 Å².